The third kappa shape index (κ3) is 4.20. The van der Waals surface area contributed by atoms with Crippen molar-refractivity contribution in [1.29, 1.82) is 0 Å². The van der Waals surface area contributed by atoms with Crippen LogP contribution in [0.25, 0.3) is 0 Å². The van der Waals surface area contributed by atoms with E-state index in [1.807, 2.05) is 20.8 Å². The summed E-state index contributed by atoms with van der Waals surface area (Å²) in [6.07, 6.45) is 5.67. The molecule has 3 N–H and O–H groups in total. The summed E-state index contributed by atoms with van der Waals surface area (Å²) >= 11 is 0. The van der Waals surface area contributed by atoms with E-state index in [4.69, 9.17) is 9.47 Å². The highest BCUT2D eigenvalue weighted by Crippen LogP contribution is 2.65. The first-order chi connectivity index (χ1) is 17.7. The van der Waals surface area contributed by atoms with Crippen LogP contribution in [0.15, 0.2) is 24.3 Å². The lowest BCUT2D eigenvalue weighted by Crippen LogP contribution is -2.57. The number of ether oxygens (including phenoxy) is 2. The van der Waals surface area contributed by atoms with Crippen LogP contribution in [0.2, 0.25) is 0 Å². The first kappa shape index (κ1) is 26.0. The van der Waals surface area contributed by atoms with Crippen molar-refractivity contribution in [3.05, 3.63) is 24.3 Å². The lowest BCUT2D eigenvalue weighted by Gasteiger charge is -2.36. The molecule has 0 radical (unpaired) electrons. The van der Waals surface area contributed by atoms with E-state index in [2.05, 4.69) is 10.6 Å². The Morgan fingerprint density at radius 3 is 2.51 bits per heavy atom. The van der Waals surface area contributed by atoms with Gasteiger partial charge in [0, 0.05) is 18.3 Å². The number of nitrogens with zero attached hydrogens (tertiary/aromatic N) is 1. The van der Waals surface area contributed by atoms with Crippen LogP contribution in [-0.2, 0) is 19.1 Å². The Morgan fingerprint density at radius 1 is 1.16 bits per heavy atom. The fourth-order valence-corrected chi connectivity index (χ4v) is 7.34. The van der Waals surface area contributed by atoms with Gasteiger partial charge in [0.1, 0.15) is 17.4 Å². The highest BCUT2D eigenvalue weighted by Gasteiger charge is 2.79. The van der Waals surface area contributed by atoms with Crippen LogP contribution >= 0.6 is 0 Å². The third-order valence-corrected chi connectivity index (χ3v) is 9.07. The van der Waals surface area contributed by atoms with Gasteiger partial charge in [-0.2, -0.15) is 0 Å². The maximum atomic E-state index is 13.9. The van der Waals surface area contributed by atoms with Gasteiger partial charge in [0.05, 0.1) is 30.7 Å². The Bertz CT molecular complexity index is 1040. The SMILES string of the molecule is CCOc1ccc(NC(=O)[C@@H]2[C@H]3C(=O)N(CCO)C(C(=O)NC4CCCCC4)C34CC(C)[C@@]2(C)O4)cc1. The van der Waals surface area contributed by atoms with Crippen LogP contribution in [0, 0.1) is 17.8 Å². The van der Waals surface area contributed by atoms with Crippen molar-refractivity contribution >= 4 is 23.4 Å². The molecule has 3 unspecified atom stereocenters. The number of amides is 3. The molecule has 5 rings (SSSR count). The maximum absolute atomic E-state index is 13.9. The smallest absolute Gasteiger partial charge is 0.246 e. The van der Waals surface area contributed by atoms with Crippen molar-refractivity contribution in [3.63, 3.8) is 0 Å². The highest BCUT2D eigenvalue weighted by atomic mass is 16.5. The van der Waals surface area contributed by atoms with Gasteiger partial charge in [0.15, 0.2) is 0 Å². The summed E-state index contributed by atoms with van der Waals surface area (Å²) in [5.74, 6) is -1.70. The molecule has 1 aromatic carbocycles. The molecular weight excluding hydrogens is 474 g/mol. The molecule has 1 spiro atoms. The summed E-state index contributed by atoms with van der Waals surface area (Å²) in [6, 6.07) is 6.33. The zero-order valence-electron chi connectivity index (χ0n) is 22.0. The molecular formula is C28H39N3O6. The summed E-state index contributed by atoms with van der Waals surface area (Å²) in [6.45, 7) is 6.14. The lowest BCUT2D eigenvalue weighted by atomic mass is 9.62. The Labute approximate surface area is 218 Å². The van der Waals surface area contributed by atoms with Gasteiger partial charge in [0.2, 0.25) is 17.7 Å². The van der Waals surface area contributed by atoms with Crippen molar-refractivity contribution < 1.29 is 29.0 Å². The van der Waals surface area contributed by atoms with E-state index in [0.717, 1.165) is 25.7 Å². The third-order valence-electron chi connectivity index (χ3n) is 9.07. The number of rotatable bonds is 8. The van der Waals surface area contributed by atoms with Gasteiger partial charge in [-0.05, 0) is 63.3 Å². The second-order valence-corrected chi connectivity index (χ2v) is 11.2. The summed E-state index contributed by atoms with van der Waals surface area (Å²) in [7, 11) is 0. The van der Waals surface area contributed by atoms with Crippen molar-refractivity contribution in [2.75, 3.05) is 25.1 Å². The van der Waals surface area contributed by atoms with E-state index in [9.17, 15) is 19.5 Å². The van der Waals surface area contributed by atoms with E-state index in [1.54, 1.807) is 24.3 Å². The molecule has 1 aromatic rings. The van der Waals surface area contributed by atoms with E-state index in [0.29, 0.717) is 24.5 Å². The fourth-order valence-electron chi connectivity index (χ4n) is 7.34. The van der Waals surface area contributed by atoms with Crippen LogP contribution in [0.5, 0.6) is 5.75 Å². The topological polar surface area (TPSA) is 117 Å². The summed E-state index contributed by atoms with van der Waals surface area (Å²) in [5, 5.41) is 15.9. The lowest BCUT2D eigenvalue weighted by molar-refractivity contribution is -0.147. The van der Waals surface area contributed by atoms with Crippen LogP contribution in [0.4, 0.5) is 5.69 Å². The van der Waals surface area contributed by atoms with Crippen molar-refractivity contribution in [1.82, 2.24) is 10.2 Å². The molecule has 37 heavy (non-hydrogen) atoms. The van der Waals surface area contributed by atoms with Crippen LogP contribution < -0.4 is 15.4 Å². The summed E-state index contributed by atoms with van der Waals surface area (Å²) < 4.78 is 12.2. The van der Waals surface area contributed by atoms with Crippen molar-refractivity contribution in [3.8, 4) is 5.75 Å². The minimum absolute atomic E-state index is 0.0293. The number of fused-ring (bicyclic) bond motifs is 1. The normalized spacial score (nSPS) is 34.9. The predicted molar refractivity (Wildman–Crippen MR) is 137 cm³/mol. The molecule has 3 saturated heterocycles. The second kappa shape index (κ2) is 9.91. The van der Waals surface area contributed by atoms with E-state index in [-0.39, 0.29) is 42.8 Å². The van der Waals surface area contributed by atoms with Gasteiger partial charge in [-0.25, -0.2) is 0 Å². The number of anilines is 1. The number of carbonyl (C=O) groups excluding carboxylic acids is 3. The highest BCUT2D eigenvalue weighted by molar-refractivity contribution is 6.02. The Morgan fingerprint density at radius 2 is 1.86 bits per heavy atom. The average Bonchev–Trinajstić information content (AvgIpc) is 3.38. The van der Waals surface area contributed by atoms with Crippen LogP contribution in [0.1, 0.15) is 59.3 Å². The van der Waals surface area contributed by atoms with Crippen LogP contribution in [0.3, 0.4) is 0 Å². The molecule has 1 aliphatic carbocycles. The first-order valence-electron chi connectivity index (χ1n) is 13.7. The summed E-state index contributed by atoms with van der Waals surface area (Å²) in [4.78, 5) is 42.8. The molecule has 3 aliphatic heterocycles. The number of carbonyl (C=O) groups is 3. The van der Waals surface area contributed by atoms with Gasteiger partial charge in [-0.3, -0.25) is 14.4 Å². The fraction of sp³-hybridized carbons (Fsp3) is 0.679. The predicted octanol–water partition coefficient (Wildman–Crippen LogP) is 2.48. The molecule has 6 atom stereocenters. The van der Waals surface area contributed by atoms with Gasteiger partial charge >= 0.3 is 0 Å². The molecule has 3 heterocycles. The Hall–Kier alpha value is -2.65. The van der Waals surface area contributed by atoms with Gasteiger partial charge < -0.3 is 30.1 Å². The standard InChI is InChI=1S/C28H39N3O6/c1-4-36-20-12-10-19(11-13-20)29-24(33)21-22-26(35)31(14-15-32)23(25(34)30-18-8-6-5-7-9-18)28(22)16-17(2)27(21,3)37-28/h10-13,17-18,21-23,32H,4-9,14-16H2,1-3H3,(H,29,33)(H,30,34)/t17?,21-,22-,23?,27+,28?/m0/s1. The minimum atomic E-state index is -1.10. The number of hydrogen-bond donors (Lipinski definition) is 3. The molecule has 2 bridgehead atoms. The van der Waals surface area contributed by atoms with Gasteiger partial charge in [-0.15, -0.1) is 0 Å². The minimum Gasteiger partial charge on any atom is -0.494 e. The second-order valence-electron chi connectivity index (χ2n) is 11.2. The first-order valence-corrected chi connectivity index (χ1v) is 13.7. The zero-order valence-corrected chi connectivity index (χ0v) is 22.0. The number of β-amino-alcohol motifs (C(OH)–C–C–N with tert-alkyl or cyclic N) is 1. The molecule has 4 fully saturated rings. The monoisotopic (exact) mass is 513 g/mol. The number of nitrogens with one attached hydrogen (secondary N) is 2. The molecule has 202 valence electrons. The number of hydrogen-bond acceptors (Lipinski definition) is 6. The Kier molecular flexibility index (Phi) is 6.96. The molecule has 9 nitrogen and oxygen atoms in total. The summed E-state index contributed by atoms with van der Waals surface area (Å²) in [5.41, 5.74) is -1.38. The van der Waals surface area contributed by atoms with Crippen LogP contribution in [-0.4, -0.2) is 70.8 Å². The number of aliphatic hydroxyl groups excluding tert-OH is 1. The molecule has 0 aromatic heterocycles. The van der Waals surface area contributed by atoms with Crippen molar-refractivity contribution in [2.24, 2.45) is 17.8 Å². The van der Waals surface area contributed by atoms with Gasteiger partial charge in [-0.1, -0.05) is 26.2 Å². The number of benzene rings is 1. The van der Waals surface area contributed by atoms with E-state index >= 15 is 0 Å². The van der Waals surface area contributed by atoms with E-state index < -0.39 is 29.1 Å². The number of aliphatic hydroxyl groups is 1. The molecule has 3 amide bonds. The largest absolute Gasteiger partial charge is 0.494 e. The maximum Gasteiger partial charge on any atom is 0.246 e. The van der Waals surface area contributed by atoms with Gasteiger partial charge in [0.25, 0.3) is 0 Å². The number of likely N-dealkylation sites (tertiary alicyclic amines) is 1. The molecule has 1 saturated carbocycles. The molecule has 4 aliphatic rings. The zero-order chi connectivity index (χ0) is 26.4. The molecule has 9 heteroatoms. The van der Waals surface area contributed by atoms with E-state index in [1.165, 1.54) is 11.3 Å². The Balaban J connectivity index is 1.44. The average molecular weight is 514 g/mol. The quantitative estimate of drug-likeness (QED) is 0.492. The van der Waals surface area contributed by atoms with Crippen molar-refractivity contribution in [2.45, 2.75) is 82.6 Å².